The molecule has 1 aliphatic carbocycles. The second-order valence-electron chi connectivity index (χ2n) is 3.11. The lowest BCUT2D eigenvalue weighted by Gasteiger charge is -2.09. The van der Waals surface area contributed by atoms with Gasteiger partial charge >= 0.3 is 0 Å². The highest BCUT2D eigenvalue weighted by Crippen LogP contribution is 2.23. The number of aliphatic imine (C=N–C) groups is 1. The van der Waals surface area contributed by atoms with Crippen LogP contribution in [-0.2, 0) is 0 Å². The summed E-state index contributed by atoms with van der Waals surface area (Å²) in [5.41, 5.74) is 6.46. The van der Waals surface area contributed by atoms with Crippen LogP contribution in [0.4, 0.5) is 0 Å². The number of rotatable bonds is 2. The minimum Gasteiger partial charge on any atom is -0.383 e. The van der Waals surface area contributed by atoms with Crippen molar-refractivity contribution in [3.8, 4) is 0 Å². The van der Waals surface area contributed by atoms with Crippen LogP contribution in [0.2, 0.25) is 0 Å². The number of nitrogens with one attached hydrogen (secondary N) is 1. The average molecular weight is 254 g/mol. The van der Waals surface area contributed by atoms with E-state index in [0.717, 1.165) is 11.9 Å². The molecule has 1 rings (SSSR count). The van der Waals surface area contributed by atoms with Crippen molar-refractivity contribution in [1.29, 1.82) is 5.41 Å². The summed E-state index contributed by atoms with van der Waals surface area (Å²) >= 11 is 3.53. The van der Waals surface area contributed by atoms with Crippen LogP contribution in [0.25, 0.3) is 0 Å². The predicted octanol–water partition coefficient (Wildman–Crippen LogP) is 2.16. The molecule has 1 atom stereocenters. The summed E-state index contributed by atoms with van der Waals surface area (Å²) in [4.78, 5) is 3.71. The molecular formula is C10H12BrN3. The molecule has 0 saturated carbocycles. The van der Waals surface area contributed by atoms with E-state index in [1.807, 2.05) is 37.3 Å². The molecule has 3 nitrogen and oxygen atoms in total. The molecule has 3 N–H and O–H groups in total. The van der Waals surface area contributed by atoms with Crippen LogP contribution in [0.3, 0.4) is 0 Å². The Morgan fingerprint density at radius 2 is 2.36 bits per heavy atom. The maximum absolute atomic E-state index is 6.81. The van der Waals surface area contributed by atoms with Gasteiger partial charge in [0.2, 0.25) is 0 Å². The highest BCUT2D eigenvalue weighted by molar-refractivity contribution is 9.10. The topological polar surface area (TPSA) is 62.2 Å². The third-order valence-corrected chi connectivity index (χ3v) is 2.31. The first-order valence-corrected chi connectivity index (χ1v) is 4.95. The maximum atomic E-state index is 6.81. The van der Waals surface area contributed by atoms with E-state index in [0.29, 0.717) is 5.84 Å². The van der Waals surface area contributed by atoms with E-state index in [1.54, 1.807) is 0 Å². The fraction of sp³-hybridized carbons (Fsp3) is 0.200. The molecule has 74 valence electrons. The summed E-state index contributed by atoms with van der Waals surface area (Å²) in [6.45, 7) is 2.03. The quantitative estimate of drug-likeness (QED) is 0.442. The predicted molar refractivity (Wildman–Crippen MR) is 64.1 cm³/mol. The number of amidine groups is 1. The summed E-state index contributed by atoms with van der Waals surface area (Å²) in [5.74, 6) is 0.353. The Kier molecular flexibility index (Phi) is 3.41. The number of allylic oxidation sites excluding steroid dienone is 4. The summed E-state index contributed by atoms with van der Waals surface area (Å²) in [6.07, 6.45) is 10.6. The van der Waals surface area contributed by atoms with Gasteiger partial charge in [-0.1, -0.05) is 46.3 Å². The summed E-state index contributed by atoms with van der Waals surface area (Å²) in [5, 5.41) is 6.81. The number of alkyl halides is 1. The van der Waals surface area contributed by atoms with Crippen molar-refractivity contribution in [1.82, 2.24) is 0 Å². The van der Waals surface area contributed by atoms with E-state index in [4.69, 9.17) is 11.1 Å². The van der Waals surface area contributed by atoms with Gasteiger partial charge in [0.1, 0.15) is 12.2 Å². The first kappa shape index (κ1) is 10.9. The first-order chi connectivity index (χ1) is 6.55. The van der Waals surface area contributed by atoms with Crippen LogP contribution in [-0.4, -0.2) is 16.5 Å². The van der Waals surface area contributed by atoms with Crippen molar-refractivity contribution >= 4 is 28.1 Å². The molecule has 4 heteroatoms. The molecular weight excluding hydrogens is 242 g/mol. The SMILES string of the molecule is CC1(Br)C=CC=C(C(N)=NC=N)C=C1. The molecule has 0 aromatic rings. The zero-order valence-electron chi connectivity index (χ0n) is 7.87. The van der Waals surface area contributed by atoms with Crippen LogP contribution in [0, 0.1) is 5.41 Å². The molecule has 0 radical (unpaired) electrons. The van der Waals surface area contributed by atoms with Gasteiger partial charge in [0, 0.05) is 5.57 Å². The minimum absolute atomic E-state index is 0.143. The van der Waals surface area contributed by atoms with Crippen molar-refractivity contribution in [3.63, 3.8) is 0 Å². The van der Waals surface area contributed by atoms with Gasteiger partial charge in [0.05, 0.1) is 4.32 Å². The Hall–Kier alpha value is -1.16. The van der Waals surface area contributed by atoms with Gasteiger partial charge < -0.3 is 5.73 Å². The monoisotopic (exact) mass is 253 g/mol. The molecule has 0 spiro atoms. The number of hydrogen-bond donors (Lipinski definition) is 2. The minimum atomic E-state index is -0.143. The van der Waals surface area contributed by atoms with E-state index >= 15 is 0 Å². The Labute approximate surface area is 91.7 Å². The first-order valence-electron chi connectivity index (χ1n) is 4.15. The van der Waals surface area contributed by atoms with Gasteiger partial charge in [-0.05, 0) is 6.92 Å². The van der Waals surface area contributed by atoms with Gasteiger partial charge in [-0.15, -0.1) is 0 Å². The van der Waals surface area contributed by atoms with Crippen LogP contribution in [0.15, 0.2) is 40.9 Å². The van der Waals surface area contributed by atoms with Crippen molar-refractivity contribution in [2.45, 2.75) is 11.2 Å². The zero-order chi connectivity index (χ0) is 10.6. The summed E-state index contributed by atoms with van der Waals surface area (Å²) in [7, 11) is 0. The molecule has 0 fully saturated rings. The summed E-state index contributed by atoms with van der Waals surface area (Å²) < 4.78 is -0.143. The lowest BCUT2D eigenvalue weighted by molar-refractivity contribution is 1.03. The van der Waals surface area contributed by atoms with E-state index in [-0.39, 0.29) is 4.32 Å². The van der Waals surface area contributed by atoms with E-state index in [2.05, 4.69) is 20.9 Å². The average Bonchev–Trinajstić information content (AvgIpc) is 2.27. The lowest BCUT2D eigenvalue weighted by atomic mass is 10.1. The van der Waals surface area contributed by atoms with Crippen molar-refractivity contribution < 1.29 is 0 Å². The zero-order valence-corrected chi connectivity index (χ0v) is 9.45. The molecule has 14 heavy (non-hydrogen) atoms. The number of hydrogen-bond acceptors (Lipinski definition) is 1. The largest absolute Gasteiger partial charge is 0.383 e. The second kappa shape index (κ2) is 4.37. The van der Waals surface area contributed by atoms with Crippen LogP contribution in [0.1, 0.15) is 6.92 Å². The molecule has 1 unspecified atom stereocenters. The number of nitrogens with two attached hydrogens (primary N) is 1. The molecule has 0 amide bonds. The number of halogens is 1. The van der Waals surface area contributed by atoms with Gasteiger partial charge in [0.15, 0.2) is 0 Å². The smallest absolute Gasteiger partial charge is 0.132 e. The number of nitrogens with zero attached hydrogens (tertiary/aromatic N) is 1. The Bertz CT molecular complexity index is 348. The van der Waals surface area contributed by atoms with Gasteiger partial charge in [0.25, 0.3) is 0 Å². The fourth-order valence-electron chi connectivity index (χ4n) is 1.02. The third kappa shape index (κ3) is 2.96. The van der Waals surface area contributed by atoms with Crippen LogP contribution in [0.5, 0.6) is 0 Å². The highest BCUT2D eigenvalue weighted by Gasteiger charge is 2.13. The molecule has 0 aromatic carbocycles. The lowest BCUT2D eigenvalue weighted by Crippen LogP contribution is -2.14. The van der Waals surface area contributed by atoms with E-state index in [9.17, 15) is 0 Å². The van der Waals surface area contributed by atoms with Crippen LogP contribution < -0.4 is 5.73 Å². The van der Waals surface area contributed by atoms with Gasteiger partial charge in [-0.3, -0.25) is 5.41 Å². The van der Waals surface area contributed by atoms with Crippen LogP contribution >= 0.6 is 15.9 Å². The fourth-order valence-corrected chi connectivity index (χ4v) is 1.30. The van der Waals surface area contributed by atoms with E-state index in [1.165, 1.54) is 0 Å². The molecule has 1 aliphatic rings. The van der Waals surface area contributed by atoms with Crippen molar-refractivity contribution in [3.05, 3.63) is 36.0 Å². The highest BCUT2D eigenvalue weighted by atomic mass is 79.9. The summed E-state index contributed by atoms with van der Waals surface area (Å²) in [6, 6.07) is 0. The Morgan fingerprint density at radius 3 is 3.00 bits per heavy atom. The normalized spacial score (nSPS) is 27.0. The molecule has 0 aliphatic heterocycles. The van der Waals surface area contributed by atoms with Gasteiger partial charge in [-0.25, -0.2) is 4.99 Å². The standard InChI is InChI=1S/C10H12BrN3/c1-10(11)5-2-3-8(4-6-10)9(13)14-7-12/h2-7H,1H3,(H3,12,13,14). The molecule has 0 bridgehead atoms. The second-order valence-corrected chi connectivity index (χ2v) is 4.82. The van der Waals surface area contributed by atoms with Gasteiger partial charge in [-0.2, -0.15) is 0 Å². The molecule has 0 saturated heterocycles. The van der Waals surface area contributed by atoms with Crippen molar-refractivity contribution in [2.24, 2.45) is 10.7 Å². The van der Waals surface area contributed by atoms with Crippen molar-refractivity contribution in [2.75, 3.05) is 0 Å². The maximum Gasteiger partial charge on any atom is 0.132 e. The Morgan fingerprint density at radius 1 is 1.64 bits per heavy atom. The third-order valence-electron chi connectivity index (χ3n) is 1.79. The Balaban J connectivity index is 2.95. The van der Waals surface area contributed by atoms with E-state index < -0.39 is 0 Å². The molecule has 0 heterocycles. The molecule has 0 aromatic heterocycles.